The molecule has 0 saturated carbocycles. The third kappa shape index (κ3) is 5.34. The number of allylic oxidation sites excluding steroid dienone is 1. The second-order valence-electron chi connectivity index (χ2n) is 6.65. The lowest BCUT2D eigenvalue weighted by atomic mass is 10.1. The van der Waals surface area contributed by atoms with E-state index in [1.54, 1.807) is 36.5 Å². The van der Waals surface area contributed by atoms with Gasteiger partial charge in [-0.3, -0.25) is 4.99 Å². The Morgan fingerprint density at radius 1 is 0.833 bits per heavy atom. The molecule has 5 nitrogen and oxygen atoms in total. The summed E-state index contributed by atoms with van der Waals surface area (Å²) in [4.78, 5) is 6.47. The van der Waals surface area contributed by atoms with Crippen molar-refractivity contribution in [2.24, 2.45) is 4.99 Å². The summed E-state index contributed by atoms with van der Waals surface area (Å²) >= 11 is 0. The van der Waals surface area contributed by atoms with E-state index in [0.29, 0.717) is 22.6 Å². The Morgan fingerprint density at radius 3 is 2.13 bits per heavy atom. The van der Waals surface area contributed by atoms with E-state index in [9.17, 15) is 0 Å². The van der Waals surface area contributed by atoms with Gasteiger partial charge in [0.2, 0.25) is 0 Å². The molecule has 0 N–H and O–H groups in total. The van der Waals surface area contributed by atoms with Crippen molar-refractivity contribution < 1.29 is 4.74 Å². The van der Waals surface area contributed by atoms with Crippen LogP contribution in [-0.4, -0.2) is 20.3 Å². The largest absolute Gasteiger partial charge is 0.457 e. The van der Waals surface area contributed by atoms with E-state index in [-0.39, 0.29) is 0 Å². The molecule has 0 aliphatic rings. The quantitative estimate of drug-likeness (QED) is 0.504. The van der Waals surface area contributed by atoms with Crippen molar-refractivity contribution in [3.05, 3.63) is 89.5 Å². The monoisotopic (exact) mass is 392 g/mol. The molecular weight excluding hydrogens is 372 g/mol. The van der Waals surface area contributed by atoms with E-state index in [0.717, 1.165) is 16.9 Å². The molecule has 5 heteroatoms. The zero-order chi connectivity index (χ0) is 21.3. The first-order chi connectivity index (χ1) is 14.6. The van der Waals surface area contributed by atoms with Gasteiger partial charge < -0.3 is 9.64 Å². The Balaban J connectivity index is 1.60. The highest BCUT2D eigenvalue weighted by molar-refractivity contribution is 5.80. The van der Waals surface area contributed by atoms with Gasteiger partial charge in [-0.05, 0) is 66.2 Å². The van der Waals surface area contributed by atoms with Crippen molar-refractivity contribution in [1.82, 2.24) is 0 Å². The summed E-state index contributed by atoms with van der Waals surface area (Å²) in [5, 5.41) is 18.1. The Hall–Kier alpha value is -4.35. The summed E-state index contributed by atoms with van der Waals surface area (Å²) < 4.78 is 5.76. The summed E-state index contributed by atoms with van der Waals surface area (Å²) in [6.07, 6.45) is 5.64. The average Bonchev–Trinajstić information content (AvgIpc) is 2.78. The summed E-state index contributed by atoms with van der Waals surface area (Å²) in [7, 11) is 4.03. The molecule has 3 aromatic rings. The van der Waals surface area contributed by atoms with Crippen molar-refractivity contribution >= 4 is 23.7 Å². The van der Waals surface area contributed by atoms with Crippen molar-refractivity contribution in [2.75, 3.05) is 19.0 Å². The number of benzene rings is 3. The fourth-order valence-corrected chi connectivity index (χ4v) is 2.68. The fourth-order valence-electron chi connectivity index (χ4n) is 2.68. The van der Waals surface area contributed by atoms with Gasteiger partial charge in [0, 0.05) is 26.0 Å². The number of aliphatic imine (C=N–C) groups is 1. The first-order valence-corrected chi connectivity index (χ1v) is 9.29. The summed E-state index contributed by atoms with van der Waals surface area (Å²) in [5.74, 6) is 1.13. The van der Waals surface area contributed by atoms with Crippen molar-refractivity contribution in [1.29, 1.82) is 10.5 Å². The third-order valence-electron chi connectivity index (χ3n) is 4.31. The predicted molar refractivity (Wildman–Crippen MR) is 120 cm³/mol. The minimum absolute atomic E-state index is 0.291. The molecule has 146 valence electrons. The number of nitrogens with zero attached hydrogens (tertiary/aromatic N) is 4. The Labute approximate surface area is 176 Å². The average molecular weight is 392 g/mol. The normalized spacial score (nSPS) is 10.7. The summed E-state index contributed by atoms with van der Waals surface area (Å²) in [5.41, 5.74) is 3.69. The van der Waals surface area contributed by atoms with E-state index in [1.165, 1.54) is 0 Å². The highest BCUT2D eigenvalue weighted by atomic mass is 16.5. The number of ether oxygens (including phenoxy) is 1. The van der Waals surface area contributed by atoms with Crippen molar-refractivity contribution in [2.45, 2.75) is 0 Å². The van der Waals surface area contributed by atoms with Gasteiger partial charge in [-0.2, -0.15) is 10.5 Å². The topological polar surface area (TPSA) is 72.4 Å². The second-order valence-corrected chi connectivity index (χ2v) is 6.65. The van der Waals surface area contributed by atoms with Crippen LogP contribution in [0.1, 0.15) is 16.7 Å². The highest BCUT2D eigenvalue weighted by Gasteiger charge is 2.04. The first kappa shape index (κ1) is 20.4. The Bertz CT molecular complexity index is 1150. The Kier molecular flexibility index (Phi) is 6.61. The lowest BCUT2D eigenvalue weighted by Gasteiger charge is -2.11. The zero-order valence-electron chi connectivity index (χ0n) is 16.8. The number of anilines is 1. The van der Waals surface area contributed by atoms with Gasteiger partial charge in [-0.15, -0.1) is 0 Å². The molecule has 0 spiro atoms. The fraction of sp³-hybridized carbons (Fsp3) is 0.0800. The number of hydrogen-bond acceptors (Lipinski definition) is 5. The van der Waals surface area contributed by atoms with Crippen LogP contribution in [0.5, 0.6) is 11.5 Å². The second kappa shape index (κ2) is 9.73. The standard InChI is InChI=1S/C25H20N4O/c1-29(2)23-10-5-19(6-11-23)4-3-15-28-22-8-13-24(14-9-22)30-25-12-7-20(17-26)21(16-25)18-27/h3-16H,1-2H3/b4-3+,28-15?. The van der Waals surface area contributed by atoms with E-state index in [4.69, 9.17) is 15.3 Å². The Morgan fingerprint density at radius 2 is 1.50 bits per heavy atom. The van der Waals surface area contributed by atoms with Crippen LogP contribution in [-0.2, 0) is 0 Å². The summed E-state index contributed by atoms with van der Waals surface area (Å²) in [6.45, 7) is 0. The zero-order valence-corrected chi connectivity index (χ0v) is 16.8. The number of hydrogen-bond donors (Lipinski definition) is 0. The van der Waals surface area contributed by atoms with Gasteiger partial charge >= 0.3 is 0 Å². The smallest absolute Gasteiger partial charge is 0.128 e. The van der Waals surface area contributed by atoms with Gasteiger partial charge in [0.1, 0.15) is 23.6 Å². The van der Waals surface area contributed by atoms with Gasteiger partial charge in [0.25, 0.3) is 0 Å². The van der Waals surface area contributed by atoms with E-state index in [2.05, 4.69) is 34.2 Å². The molecular formula is C25H20N4O. The SMILES string of the molecule is CN(C)c1ccc(/C=C/C=Nc2ccc(Oc3ccc(C#N)c(C#N)c3)cc2)cc1. The molecule has 0 heterocycles. The van der Waals surface area contributed by atoms with Gasteiger partial charge in [-0.1, -0.05) is 18.2 Å². The molecule has 0 amide bonds. The van der Waals surface area contributed by atoms with Crippen LogP contribution in [0, 0.1) is 22.7 Å². The van der Waals surface area contributed by atoms with E-state index >= 15 is 0 Å². The molecule has 3 rings (SSSR count). The molecule has 0 radical (unpaired) electrons. The maximum Gasteiger partial charge on any atom is 0.128 e. The molecule has 0 bridgehead atoms. The molecule has 30 heavy (non-hydrogen) atoms. The number of nitriles is 2. The molecule has 3 aromatic carbocycles. The van der Waals surface area contributed by atoms with Crippen molar-refractivity contribution in [3.8, 4) is 23.6 Å². The van der Waals surface area contributed by atoms with Gasteiger partial charge in [0.15, 0.2) is 0 Å². The highest BCUT2D eigenvalue weighted by Crippen LogP contribution is 2.25. The van der Waals surface area contributed by atoms with Crippen LogP contribution >= 0.6 is 0 Å². The van der Waals surface area contributed by atoms with Crippen LogP contribution in [0.3, 0.4) is 0 Å². The third-order valence-corrected chi connectivity index (χ3v) is 4.31. The first-order valence-electron chi connectivity index (χ1n) is 9.29. The van der Waals surface area contributed by atoms with Crippen LogP contribution in [0.25, 0.3) is 6.08 Å². The maximum atomic E-state index is 9.11. The minimum Gasteiger partial charge on any atom is -0.457 e. The van der Waals surface area contributed by atoms with Gasteiger partial charge in [-0.25, -0.2) is 0 Å². The molecule has 0 atom stereocenters. The lowest BCUT2D eigenvalue weighted by Crippen LogP contribution is -2.07. The van der Waals surface area contributed by atoms with Crippen LogP contribution < -0.4 is 9.64 Å². The summed E-state index contributed by atoms with van der Waals surface area (Å²) in [6, 6.07) is 24.4. The molecule has 0 aliphatic heterocycles. The van der Waals surface area contributed by atoms with E-state index in [1.807, 2.05) is 50.5 Å². The molecule has 0 fully saturated rings. The van der Waals surface area contributed by atoms with E-state index < -0.39 is 0 Å². The van der Waals surface area contributed by atoms with Crippen LogP contribution in [0.15, 0.2) is 77.8 Å². The van der Waals surface area contributed by atoms with Crippen LogP contribution in [0.4, 0.5) is 11.4 Å². The molecule has 0 aliphatic carbocycles. The predicted octanol–water partition coefficient (Wildman–Crippen LogP) is 5.70. The lowest BCUT2D eigenvalue weighted by molar-refractivity contribution is 0.482. The maximum absolute atomic E-state index is 9.11. The van der Waals surface area contributed by atoms with Crippen LogP contribution in [0.2, 0.25) is 0 Å². The van der Waals surface area contributed by atoms with Gasteiger partial charge in [0.05, 0.1) is 16.8 Å². The minimum atomic E-state index is 0.291. The number of rotatable bonds is 6. The molecule has 0 unspecified atom stereocenters. The molecule has 0 saturated heterocycles. The molecule has 0 aromatic heterocycles. The van der Waals surface area contributed by atoms with Crippen molar-refractivity contribution in [3.63, 3.8) is 0 Å².